The molecule has 1 unspecified atom stereocenters. The average molecular weight is 1380 g/mol. The van der Waals surface area contributed by atoms with E-state index in [4.69, 9.17) is 71.1 Å². The standard InChI is InChI=1S/C68H99F2N3O22S/c1-48(96-4)63(80)72-17-14-61(78)71-18-20-82-22-24-84-26-28-86-30-32-88-34-36-90-38-40-92-42-41-91-39-37-89-35-33-87-31-29-85-27-25-83-23-21-81-19-15-62(79)73-50-7-11-53(12-8-50)93-52-9-5-49(6-10-52)64-94-60-45-54-55-44-57(69)56-43-51(75)13-16-65(56,2)67(55,70)58(76)46-66(54,3)68(60,95-64)59(77)47-74/h5-13,16,43,48,54-55,57-58,60,64,74,76H,14-15,17-42,44-47H2,1-4H3,(H,71,78)(H,72,80)(H,73,79)/t48?,54-,55-,57-,58-,60+,64+,65-,66-,67-,68+/m0/s1. The van der Waals surface area contributed by atoms with Gasteiger partial charge in [0.25, 0.3) is 0 Å². The third kappa shape index (κ3) is 22.0. The number of anilines is 1. The third-order valence-corrected chi connectivity index (χ3v) is 18.9. The maximum Gasteiger partial charge on any atom is 0.232 e. The van der Waals surface area contributed by atoms with Crippen LogP contribution in [0.15, 0.2) is 72.3 Å². The number of aliphatic hydroxyl groups is 2. The number of rotatable bonds is 50. The van der Waals surface area contributed by atoms with Crippen molar-refractivity contribution in [1.29, 1.82) is 0 Å². The number of alkyl halides is 2. The van der Waals surface area contributed by atoms with Crippen LogP contribution in [0.2, 0.25) is 0 Å². The average Bonchev–Trinajstić information content (AvgIpc) is 1.41. The summed E-state index contributed by atoms with van der Waals surface area (Å²) >= 11 is 1.45. The first-order chi connectivity index (χ1) is 46.5. The van der Waals surface area contributed by atoms with Crippen LogP contribution in [-0.2, 0) is 90.3 Å². The Morgan fingerprint density at radius 2 is 1.09 bits per heavy atom. The van der Waals surface area contributed by atoms with Crippen LogP contribution < -0.4 is 20.7 Å². The predicted molar refractivity (Wildman–Crippen MR) is 347 cm³/mol. The molecule has 96 heavy (non-hydrogen) atoms. The van der Waals surface area contributed by atoms with Gasteiger partial charge in [0.2, 0.25) is 17.7 Å². The van der Waals surface area contributed by atoms with Crippen LogP contribution in [-0.4, -0.2) is 259 Å². The number of benzene rings is 2. The monoisotopic (exact) mass is 1380 g/mol. The van der Waals surface area contributed by atoms with E-state index in [0.29, 0.717) is 188 Å². The van der Waals surface area contributed by atoms with E-state index in [1.54, 1.807) is 55.5 Å². The van der Waals surface area contributed by atoms with E-state index in [1.165, 1.54) is 30.8 Å². The van der Waals surface area contributed by atoms with Crippen molar-refractivity contribution in [3.63, 3.8) is 0 Å². The summed E-state index contributed by atoms with van der Waals surface area (Å²) in [5.74, 6) is -2.29. The lowest BCUT2D eigenvalue weighted by Crippen LogP contribution is -2.70. The smallest absolute Gasteiger partial charge is 0.232 e. The molecule has 0 radical (unpaired) electrons. The van der Waals surface area contributed by atoms with Crippen LogP contribution in [0, 0.1) is 22.7 Å². The van der Waals surface area contributed by atoms with Gasteiger partial charge in [0.05, 0.1) is 182 Å². The minimum absolute atomic E-state index is 0.00456. The van der Waals surface area contributed by atoms with Gasteiger partial charge in [-0.2, -0.15) is 11.8 Å². The highest BCUT2D eigenvalue weighted by molar-refractivity contribution is 7.99. The molecule has 5 aliphatic rings. The zero-order chi connectivity index (χ0) is 68.7. The molecular formula is C68H99F2N3O22S. The van der Waals surface area contributed by atoms with Crippen molar-refractivity contribution in [2.75, 3.05) is 190 Å². The molecule has 3 saturated carbocycles. The van der Waals surface area contributed by atoms with Gasteiger partial charge >= 0.3 is 0 Å². The highest BCUT2D eigenvalue weighted by atomic mass is 32.2. The van der Waals surface area contributed by atoms with E-state index in [-0.39, 0.29) is 67.3 Å². The highest BCUT2D eigenvalue weighted by Crippen LogP contribution is 2.72. The number of allylic oxidation sites excluding steroid dienone is 4. The van der Waals surface area contributed by atoms with Gasteiger partial charge in [-0.3, -0.25) is 24.0 Å². The molecule has 538 valence electrons. The Morgan fingerprint density at radius 1 is 0.625 bits per heavy atom. The number of fused-ring (bicyclic) bond motifs is 7. The van der Waals surface area contributed by atoms with Crippen molar-refractivity contribution in [3.05, 3.63) is 77.9 Å². The van der Waals surface area contributed by atoms with E-state index in [2.05, 4.69) is 16.0 Å². The molecule has 0 aromatic heterocycles. The normalized spacial score (nSPS) is 25.9. The summed E-state index contributed by atoms with van der Waals surface area (Å²) in [5, 5.41) is 30.3. The molecule has 2 aromatic carbocycles. The van der Waals surface area contributed by atoms with Crippen LogP contribution in [0.5, 0.6) is 11.5 Å². The van der Waals surface area contributed by atoms with Crippen molar-refractivity contribution in [2.45, 2.75) is 94.1 Å². The summed E-state index contributed by atoms with van der Waals surface area (Å²) < 4.78 is 119. The summed E-state index contributed by atoms with van der Waals surface area (Å²) in [5.41, 5.74) is -5.83. The van der Waals surface area contributed by atoms with E-state index < -0.39 is 76.8 Å². The Labute approximate surface area is 565 Å². The van der Waals surface area contributed by atoms with Crippen molar-refractivity contribution >= 4 is 46.7 Å². The molecule has 3 amide bonds. The summed E-state index contributed by atoms with van der Waals surface area (Å²) in [6.07, 6.45) is 0.261. The zero-order valence-electron chi connectivity index (χ0n) is 55.7. The maximum atomic E-state index is 17.8. The Balaban J connectivity index is 0.599. The topological polar surface area (TPSA) is 300 Å². The molecule has 4 aliphatic carbocycles. The second kappa shape index (κ2) is 40.9. The number of nitrogens with one attached hydrogen (secondary N) is 3. The molecule has 25 nitrogen and oxygen atoms in total. The SMILES string of the molecule is CSC(C)C(=O)NCCC(=O)NCCOCCOCCOCCOCCOCCOCCOCCOCCOCCOCCOCCOCCC(=O)Nc1ccc(Oc2ccc([C@@H]3O[C@@H]4C[C@H]5[C@@H]6C[C@H](F)C7=CC(=O)C=C[C@]7(C)[C@@]6(F)[C@@H](O)C[C@]5(C)[C@]4(C(=O)CO)O3)cc2)cc1. The maximum absolute atomic E-state index is 17.8. The number of amides is 3. The zero-order valence-corrected chi connectivity index (χ0v) is 56.6. The molecule has 28 heteroatoms. The Morgan fingerprint density at radius 3 is 1.57 bits per heavy atom. The first-order valence-electron chi connectivity index (χ1n) is 33.1. The summed E-state index contributed by atoms with van der Waals surface area (Å²) in [7, 11) is 0. The van der Waals surface area contributed by atoms with Gasteiger partial charge in [0.15, 0.2) is 29.1 Å². The number of carbonyl (C=O) groups is 5. The summed E-state index contributed by atoms with van der Waals surface area (Å²) in [6, 6.07) is 13.7. The highest BCUT2D eigenvalue weighted by Gasteiger charge is 2.80. The van der Waals surface area contributed by atoms with Crippen LogP contribution in [0.25, 0.3) is 0 Å². The molecular weight excluding hydrogens is 1280 g/mol. The lowest BCUT2D eigenvalue weighted by Gasteiger charge is -2.63. The van der Waals surface area contributed by atoms with Gasteiger partial charge < -0.3 is 97.2 Å². The number of ketones is 2. The third-order valence-electron chi connectivity index (χ3n) is 18.0. The van der Waals surface area contributed by atoms with Gasteiger partial charge in [-0.25, -0.2) is 8.78 Å². The first kappa shape index (κ1) is 78.4. The van der Waals surface area contributed by atoms with Crippen LogP contribution in [0.1, 0.15) is 64.7 Å². The Kier molecular flexibility index (Phi) is 33.4. The second-order valence-corrected chi connectivity index (χ2v) is 25.3. The summed E-state index contributed by atoms with van der Waals surface area (Å²) in [6.45, 7) is 14.8. The first-order valence-corrected chi connectivity index (χ1v) is 34.4. The number of hydrogen-bond acceptors (Lipinski definition) is 23. The fourth-order valence-corrected chi connectivity index (χ4v) is 13.3. The van der Waals surface area contributed by atoms with Crippen molar-refractivity contribution in [1.82, 2.24) is 10.6 Å². The van der Waals surface area contributed by atoms with Crippen molar-refractivity contribution in [2.24, 2.45) is 22.7 Å². The van der Waals surface area contributed by atoms with Gasteiger partial charge in [-0.15, -0.1) is 0 Å². The van der Waals surface area contributed by atoms with Gasteiger partial charge in [-0.05, 0) is 99.4 Å². The van der Waals surface area contributed by atoms with E-state index in [0.717, 1.165) is 6.08 Å². The summed E-state index contributed by atoms with van der Waals surface area (Å²) in [4.78, 5) is 62.3. The molecule has 1 aliphatic heterocycles. The quantitative estimate of drug-likeness (QED) is 0.0543. The molecule has 1 saturated heterocycles. The van der Waals surface area contributed by atoms with Gasteiger partial charge in [0.1, 0.15) is 24.3 Å². The molecule has 5 N–H and O–H groups in total. The number of thioether (sulfide) groups is 1. The number of halogens is 2. The van der Waals surface area contributed by atoms with Crippen LogP contribution >= 0.6 is 11.8 Å². The molecule has 0 bridgehead atoms. The second-order valence-electron chi connectivity index (χ2n) is 24.1. The molecule has 4 fully saturated rings. The Bertz CT molecular complexity index is 2760. The number of ether oxygens (including phenoxy) is 15. The fraction of sp³-hybridized carbons (Fsp3) is 0.691. The molecule has 0 spiro atoms. The van der Waals surface area contributed by atoms with Crippen LogP contribution in [0.4, 0.5) is 14.5 Å². The minimum atomic E-state index is -2.35. The van der Waals surface area contributed by atoms with E-state index in [1.807, 2.05) is 13.2 Å². The largest absolute Gasteiger partial charge is 0.457 e. The van der Waals surface area contributed by atoms with E-state index >= 15 is 8.78 Å². The number of carbonyl (C=O) groups excluding carboxylic acids is 5. The van der Waals surface area contributed by atoms with Crippen molar-refractivity contribution < 1.29 is 114 Å². The van der Waals surface area contributed by atoms with Gasteiger partial charge in [0, 0.05) is 47.5 Å². The lowest BCUT2D eigenvalue weighted by atomic mass is 9.44. The number of Topliss-reactive ketones (excluding diaryl/α,β-unsaturated/α-hetero) is 1. The molecule has 1 heterocycles. The van der Waals surface area contributed by atoms with Crippen LogP contribution in [0.3, 0.4) is 0 Å². The van der Waals surface area contributed by atoms with Gasteiger partial charge in [-0.1, -0.05) is 25.1 Å². The lowest BCUT2D eigenvalue weighted by molar-refractivity contribution is -0.235. The van der Waals surface area contributed by atoms with Crippen molar-refractivity contribution in [3.8, 4) is 11.5 Å². The molecule has 11 atom stereocenters. The Hall–Kier alpha value is -4.96. The fourth-order valence-electron chi connectivity index (χ4n) is 13.0. The molecule has 7 rings (SSSR count). The number of hydrogen-bond donors (Lipinski definition) is 5. The van der Waals surface area contributed by atoms with E-state index in [9.17, 15) is 34.2 Å². The minimum Gasteiger partial charge on any atom is -0.457 e. The molecule has 2 aromatic rings. The number of aliphatic hydroxyl groups excluding tert-OH is 2. The predicted octanol–water partition coefficient (Wildman–Crippen LogP) is 5.02.